The normalized spacial score (nSPS) is 9.29. The Kier molecular flexibility index (Phi) is 3.79. The first kappa shape index (κ1) is 10.4. The summed E-state index contributed by atoms with van der Waals surface area (Å²) in [6.07, 6.45) is 0. The maximum absolute atomic E-state index is 11.2. The zero-order valence-corrected chi connectivity index (χ0v) is 8.26. The number of hydrogen-bond acceptors (Lipinski definition) is 2. The lowest BCUT2D eigenvalue weighted by Crippen LogP contribution is -2.28. The Morgan fingerprint density at radius 2 is 2.43 bits per heavy atom. The van der Waals surface area contributed by atoms with Gasteiger partial charge in [0.1, 0.15) is 5.75 Å². The molecule has 0 saturated carbocycles. The van der Waals surface area contributed by atoms with Gasteiger partial charge in [-0.25, -0.2) is 4.79 Å². The Bertz CT molecular complexity index is 313. The number of anilines is 1. The van der Waals surface area contributed by atoms with Crippen LogP contribution in [-0.4, -0.2) is 19.7 Å². The monoisotopic (exact) mass is 193 g/mol. The third-order valence-corrected chi connectivity index (χ3v) is 1.63. The summed E-state index contributed by atoms with van der Waals surface area (Å²) in [4.78, 5) is 11.2. The molecule has 75 valence electrons. The zero-order valence-electron chi connectivity index (χ0n) is 8.26. The van der Waals surface area contributed by atoms with Gasteiger partial charge in [0.05, 0.1) is 12.8 Å². The zero-order chi connectivity index (χ0) is 10.4. The fourth-order valence-electron chi connectivity index (χ4n) is 1.01. The number of carbonyl (C=O) groups excluding carboxylic acids is 1. The van der Waals surface area contributed by atoms with E-state index in [9.17, 15) is 4.79 Å². The van der Waals surface area contributed by atoms with Crippen molar-refractivity contribution in [3.63, 3.8) is 0 Å². The topological polar surface area (TPSA) is 50.4 Å². The summed E-state index contributed by atoms with van der Waals surface area (Å²) in [6, 6.07) is 7.73. The SMILES string of the molecule is CCNC(=O)Nc1cc[c]cc1OC. The lowest BCUT2D eigenvalue weighted by molar-refractivity contribution is 0.252. The number of amides is 2. The number of nitrogens with one attached hydrogen (secondary N) is 2. The summed E-state index contributed by atoms with van der Waals surface area (Å²) < 4.78 is 5.05. The first-order valence-corrected chi connectivity index (χ1v) is 4.37. The van der Waals surface area contributed by atoms with E-state index in [2.05, 4.69) is 16.7 Å². The molecule has 0 saturated heterocycles. The minimum absolute atomic E-state index is 0.239. The first-order valence-electron chi connectivity index (χ1n) is 4.37. The van der Waals surface area contributed by atoms with Crippen LogP contribution in [0, 0.1) is 6.07 Å². The van der Waals surface area contributed by atoms with Crippen LogP contribution in [0.1, 0.15) is 6.92 Å². The average molecular weight is 193 g/mol. The van der Waals surface area contributed by atoms with Crippen LogP contribution in [0.4, 0.5) is 10.5 Å². The molecule has 1 aromatic carbocycles. The summed E-state index contributed by atoms with van der Waals surface area (Å²) in [5, 5.41) is 5.30. The van der Waals surface area contributed by atoms with Gasteiger partial charge in [-0.05, 0) is 25.1 Å². The number of methoxy groups -OCH3 is 1. The smallest absolute Gasteiger partial charge is 0.319 e. The molecule has 0 unspecified atom stereocenters. The Morgan fingerprint density at radius 3 is 3.07 bits per heavy atom. The van der Waals surface area contributed by atoms with Gasteiger partial charge < -0.3 is 15.4 Å². The van der Waals surface area contributed by atoms with Crippen LogP contribution in [-0.2, 0) is 0 Å². The van der Waals surface area contributed by atoms with Gasteiger partial charge in [-0.3, -0.25) is 0 Å². The van der Waals surface area contributed by atoms with E-state index in [1.54, 1.807) is 25.3 Å². The van der Waals surface area contributed by atoms with Gasteiger partial charge in [-0.15, -0.1) is 0 Å². The summed E-state index contributed by atoms with van der Waals surface area (Å²) >= 11 is 0. The van der Waals surface area contributed by atoms with Gasteiger partial charge in [0.15, 0.2) is 0 Å². The Balaban J connectivity index is 2.70. The molecule has 0 aliphatic heterocycles. The van der Waals surface area contributed by atoms with Crippen molar-refractivity contribution in [2.45, 2.75) is 6.92 Å². The predicted molar refractivity (Wildman–Crippen MR) is 54.5 cm³/mol. The van der Waals surface area contributed by atoms with Crippen LogP contribution in [0.5, 0.6) is 5.75 Å². The number of carbonyl (C=O) groups is 1. The fourth-order valence-corrected chi connectivity index (χ4v) is 1.01. The van der Waals surface area contributed by atoms with Crippen LogP contribution in [0.3, 0.4) is 0 Å². The molecule has 0 fully saturated rings. The lowest BCUT2D eigenvalue weighted by Gasteiger charge is -2.09. The van der Waals surface area contributed by atoms with Crippen LogP contribution >= 0.6 is 0 Å². The maximum atomic E-state index is 11.2. The Hall–Kier alpha value is -1.71. The second-order valence-corrected chi connectivity index (χ2v) is 2.61. The van der Waals surface area contributed by atoms with Crippen molar-refractivity contribution in [1.82, 2.24) is 5.32 Å². The molecular weight excluding hydrogens is 180 g/mol. The second-order valence-electron chi connectivity index (χ2n) is 2.61. The van der Waals surface area contributed by atoms with E-state index in [4.69, 9.17) is 4.74 Å². The van der Waals surface area contributed by atoms with Crippen molar-refractivity contribution in [2.24, 2.45) is 0 Å². The van der Waals surface area contributed by atoms with Gasteiger partial charge in [0.2, 0.25) is 0 Å². The van der Waals surface area contributed by atoms with Crippen LogP contribution in [0.25, 0.3) is 0 Å². The Morgan fingerprint density at radius 1 is 1.64 bits per heavy atom. The van der Waals surface area contributed by atoms with Crippen LogP contribution < -0.4 is 15.4 Å². The van der Waals surface area contributed by atoms with Gasteiger partial charge in [-0.1, -0.05) is 6.07 Å². The molecule has 1 rings (SSSR count). The first-order chi connectivity index (χ1) is 6.77. The molecule has 1 radical (unpaired) electrons. The van der Waals surface area contributed by atoms with E-state index in [1.165, 1.54) is 0 Å². The number of ether oxygens (including phenoxy) is 1. The molecule has 0 aromatic heterocycles. The highest BCUT2D eigenvalue weighted by Gasteiger charge is 2.04. The van der Waals surface area contributed by atoms with E-state index >= 15 is 0 Å². The number of rotatable bonds is 3. The molecule has 0 spiro atoms. The minimum atomic E-state index is -0.239. The molecule has 4 nitrogen and oxygen atoms in total. The van der Waals surface area contributed by atoms with Gasteiger partial charge in [0.25, 0.3) is 0 Å². The molecule has 4 heteroatoms. The summed E-state index contributed by atoms with van der Waals surface area (Å²) in [5.74, 6) is 0.596. The van der Waals surface area contributed by atoms with Crippen LogP contribution in [0.15, 0.2) is 18.2 Å². The highest BCUT2D eigenvalue weighted by molar-refractivity contribution is 5.90. The highest BCUT2D eigenvalue weighted by Crippen LogP contribution is 2.22. The minimum Gasteiger partial charge on any atom is -0.495 e. The van der Waals surface area contributed by atoms with Crippen LogP contribution in [0.2, 0.25) is 0 Å². The lowest BCUT2D eigenvalue weighted by atomic mass is 10.3. The van der Waals surface area contributed by atoms with Crippen molar-refractivity contribution in [3.05, 3.63) is 24.3 Å². The average Bonchev–Trinajstić information content (AvgIpc) is 2.19. The third-order valence-electron chi connectivity index (χ3n) is 1.63. The summed E-state index contributed by atoms with van der Waals surface area (Å²) in [5.41, 5.74) is 0.636. The maximum Gasteiger partial charge on any atom is 0.319 e. The number of benzene rings is 1. The molecule has 2 N–H and O–H groups in total. The molecule has 0 heterocycles. The Labute approximate surface area is 83.3 Å². The molecule has 0 bridgehead atoms. The molecular formula is C10H13N2O2. The van der Waals surface area contributed by atoms with Gasteiger partial charge in [-0.2, -0.15) is 0 Å². The van der Waals surface area contributed by atoms with E-state index in [1.807, 2.05) is 6.92 Å². The second kappa shape index (κ2) is 5.11. The largest absolute Gasteiger partial charge is 0.495 e. The molecule has 0 aliphatic carbocycles. The van der Waals surface area contributed by atoms with Gasteiger partial charge >= 0.3 is 6.03 Å². The predicted octanol–water partition coefficient (Wildman–Crippen LogP) is 1.64. The van der Waals surface area contributed by atoms with Crippen molar-refractivity contribution in [1.29, 1.82) is 0 Å². The summed E-state index contributed by atoms with van der Waals surface area (Å²) in [7, 11) is 1.55. The highest BCUT2D eigenvalue weighted by atomic mass is 16.5. The number of urea groups is 1. The molecule has 0 atom stereocenters. The molecule has 2 amide bonds. The molecule has 0 aliphatic rings. The molecule has 1 aromatic rings. The van der Waals surface area contributed by atoms with Crippen molar-refractivity contribution >= 4 is 11.7 Å². The fraction of sp³-hybridized carbons (Fsp3) is 0.300. The number of hydrogen-bond donors (Lipinski definition) is 2. The third kappa shape index (κ3) is 2.65. The standard InChI is InChI=1S/C10H13N2O2/c1-3-11-10(13)12-8-6-4-5-7-9(8)14-2/h4,6-7H,3H2,1-2H3,(H2,11,12,13). The van der Waals surface area contributed by atoms with E-state index in [-0.39, 0.29) is 6.03 Å². The molecule has 14 heavy (non-hydrogen) atoms. The van der Waals surface area contributed by atoms with E-state index < -0.39 is 0 Å². The van der Waals surface area contributed by atoms with Crippen molar-refractivity contribution in [3.8, 4) is 5.75 Å². The van der Waals surface area contributed by atoms with Crippen molar-refractivity contribution < 1.29 is 9.53 Å². The quantitative estimate of drug-likeness (QED) is 0.766. The summed E-state index contributed by atoms with van der Waals surface area (Å²) in [6.45, 7) is 2.45. The van der Waals surface area contributed by atoms with Crippen molar-refractivity contribution in [2.75, 3.05) is 19.0 Å². The van der Waals surface area contributed by atoms with E-state index in [0.29, 0.717) is 18.0 Å². The van der Waals surface area contributed by atoms with Gasteiger partial charge in [0, 0.05) is 6.54 Å². The van der Waals surface area contributed by atoms with E-state index in [0.717, 1.165) is 0 Å².